The Balaban J connectivity index is 1.95. The predicted octanol–water partition coefficient (Wildman–Crippen LogP) is 2.15. The van der Waals surface area contributed by atoms with Crippen LogP contribution in [0.25, 0.3) is 0 Å². The van der Waals surface area contributed by atoms with E-state index in [1.165, 1.54) is 19.1 Å². The fraction of sp³-hybridized carbons (Fsp3) is 0.944. The number of sulfonamides is 1. The van der Waals surface area contributed by atoms with Crippen molar-refractivity contribution in [2.45, 2.75) is 77.5 Å². The fourth-order valence-corrected chi connectivity index (χ4v) is 5.05. The van der Waals surface area contributed by atoms with Crippen LogP contribution in [-0.2, 0) is 19.6 Å². The molecular formula is C18H34N2O4S. The number of piperidine rings is 1. The number of rotatable bonds is 6. The van der Waals surface area contributed by atoms with Crippen LogP contribution in [0.15, 0.2) is 0 Å². The van der Waals surface area contributed by atoms with Gasteiger partial charge in [-0.15, -0.1) is 0 Å². The molecule has 1 amide bonds. The van der Waals surface area contributed by atoms with Crippen LogP contribution in [0.1, 0.15) is 59.3 Å². The van der Waals surface area contributed by atoms with E-state index < -0.39 is 10.0 Å². The molecule has 2 rings (SSSR count). The van der Waals surface area contributed by atoms with Crippen LogP contribution in [0.4, 0.5) is 0 Å². The zero-order valence-electron chi connectivity index (χ0n) is 16.0. The first-order valence-corrected chi connectivity index (χ1v) is 11.4. The van der Waals surface area contributed by atoms with Gasteiger partial charge in [-0.1, -0.05) is 13.8 Å². The molecule has 7 heteroatoms. The number of ether oxygens (including phenoxy) is 1. The molecule has 146 valence electrons. The summed E-state index contributed by atoms with van der Waals surface area (Å²) in [6, 6.07) is -0.483. The van der Waals surface area contributed by atoms with Gasteiger partial charge in [0.1, 0.15) is 0 Å². The summed E-state index contributed by atoms with van der Waals surface area (Å²) in [6.45, 7) is 7.18. The molecule has 1 saturated carbocycles. The Bertz CT molecular complexity index is 541. The van der Waals surface area contributed by atoms with Crippen LogP contribution in [0.3, 0.4) is 0 Å². The van der Waals surface area contributed by atoms with E-state index in [2.05, 4.69) is 18.6 Å². The van der Waals surface area contributed by atoms with Crippen molar-refractivity contribution in [2.75, 3.05) is 19.4 Å². The Kier molecular flexibility index (Phi) is 7.29. The van der Waals surface area contributed by atoms with Crippen molar-refractivity contribution < 1.29 is 17.9 Å². The minimum atomic E-state index is -3.31. The summed E-state index contributed by atoms with van der Waals surface area (Å²) < 4.78 is 32.2. The molecule has 2 aliphatic rings. The highest BCUT2D eigenvalue weighted by Gasteiger charge is 2.35. The number of amides is 1. The maximum Gasteiger partial charge on any atom is 0.219 e. The molecule has 0 spiro atoms. The monoisotopic (exact) mass is 374 g/mol. The highest BCUT2D eigenvalue weighted by Crippen LogP contribution is 2.31. The van der Waals surface area contributed by atoms with E-state index in [-0.39, 0.29) is 24.1 Å². The average molecular weight is 375 g/mol. The van der Waals surface area contributed by atoms with Gasteiger partial charge in [0, 0.05) is 19.5 Å². The van der Waals surface area contributed by atoms with Crippen LogP contribution in [0.5, 0.6) is 0 Å². The second-order valence-electron chi connectivity index (χ2n) is 8.03. The topological polar surface area (TPSA) is 75.7 Å². The van der Waals surface area contributed by atoms with Gasteiger partial charge in [0.15, 0.2) is 0 Å². The summed E-state index contributed by atoms with van der Waals surface area (Å²) in [4.78, 5) is 13.8. The lowest BCUT2D eigenvalue weighted by Crippen LogP contribution is -2.58. The number of hydrogen-bond donors (Lipinski definition) is 1. The molecule has 0 unspecified atom stereocenters. The number of hydrogen-bond acceptors (Lipinski definition) is 4. The molecule has 0 aromatic carbocycles. The Morgan fingerprint density at radius 1 is 1.20 bits per heavy atom. The first-order chi connectivity index (χ1) is 11.7. The highest BCUT2D eigenvalue weighted by atomic mass is 32.2. The van der Waals surface area contributed by atoms with E-state index in [1.54, 1.807) is 11.8 Å². The molecule has 6 nitrogen and oxygen atoms in total. The third-order valence-electron chi connectivity index (χ3n) is 5.71. The predicted molar refractivity (Wildman–Crippen MR) is 98.7 cm³/mol. The lowest BCUT2D eigenvalue weighted by molar-refractivity contribution is -0.136. The van der Waals surface area contributed by atoms with Gasteiger partial charge >= 0.3 is 0 Å². The molecule has 1 heterocycles. The minimum Gasteiger partial charge on any atom is -0.376 e. The summed E-state index contributed by atoms with van der Waals surface area (Å²) >= 11 is 0. The maximum absolute atomic E-state index is 12.0. The smallest absolute Gasteiger partial charge is 0.219 e. The molecule has 1 saturated heterocycles. The van der Waals surface area contributed by atoms with Gasteiger partial charge in [-0.25, -0.2) is 13.1 Å². The van der Waals surface area contributed by atoms with E-state index in [9.17, 15) is 13.2 Å². The number of carbonyl (C=O) groups is 1. The van der Waals surface area contributed by atoms with Crippen LogP contribution >= 0.6 is 0 Å². The third-order valence-corrected chi connectivity index (χ3v) is 6.44. The van der Waals surface area contributed by atoms with Gasteiger partial charge < -0.3 is 9.64 Å². The van der Waals surface area contributed by atoms with E-state index in [1.807, 2.05) is 0 Å². The Morgan fingerprint density at radius 3 is 2.36 bits per heavy atom. The zero-order valence-corrected chi connectivity index (χ0v) is 16.8. The Labute approximate surface area is 152 Å². The zero-order chi connectivity index (χ0) is 18.6. The van der Waals surface area contributed by atoms with Gasteiger partial charge in [0.05, 0.1) is 25.0 Å². The lowest BCUT2D eigenvalue weighted by Gasteiger charge is -2.41. The highest BCUT2D eigenvalue weighted by molar-refractivity contribution is 7.88. The SMILES string of the molecule is CC(=O)N1CCC[C@H](NS(C)(=O)=O)[C@@H]1COC1CCC(C(C)C)CC1. The second kappa shape index (κ2) is 8.82. The summed E-state index contributed by atoms with van der Waals surface area (Å²) in [7, 11) is -3.31. The average Bonchev–Trinajstić information content (AvgIpc) is 2.52. The fourth-order valence-electron chi connectivity index (χ4n) is 4.22. The van der Waals surface area contributed by atoms with E-state index in [0.717, 1.165) is 37.5 Å². The molecule has 25 heavy (non-hydrogen) atoms. The molecule has 0 radical (unpaired) electrons. The standard InChI is InChI=1S/C18H34N2O4S/c1-13(2)15-7-9-16(10-8-15)24-12-18-17(19-25(4,22)23)6-5-11-20(18)14(3)21/h13,15-19H,5-12H2,1-4H3/t15?,16?,17-,18-/m0/s1. The van der Waals surface area contributed by atoms with Gasteiger partial charge in [-0.05, 0) is 50.4 Å². The Morgan fingerprint density at radius 2 is 1.84 bits per heavy atom. The summed E-state index contributed by atoms with van der Waals surface area (Å²) in [5.74, 6) is 1.48. The van der Waals surface area contributed by atoms with Gasteiger partial charge in [-0.3, -0.25) is 4.79 Å². The number of carbonyl (C=O) groups excluding carboxylic acids is 1. The molecule has 1 aliphatic heterocycles. The van der Waals surface area contributed by atoms with E-state index in [4.69, 9.17) is 4.74 Å². The third kappa shape index (κ3) is 6.22. The van der Waals surface area contributed by atoms with Crippen LogP contribution in [-0.4, -0.2) is 56.8 Å². The molecule has 1 aliphatic carbocycles. The number of likely N-dealkylation sites (tertiary alicyclic amines) is 1. The van der Waals surface area contributed by atoms with Crippen LogP contribution < -0.4 is 4.72 Å². The Hall–Kier alpha value is -0.660. The van der Waals surface area contributed by atoms with Crippen molar-refractivity contribution in [3.05, 3.63) is 0 Å². The van der Waals surface area contributed by atoms with Crippen molar-refractivity contribution >= 4 is 15.9 Å². The maximum atomic E-state index is 12.0. The largest absolute Gasteiger partial charge is 0.376 e. The molecule has 2 atom stereocenters. The first kappa shape index (κ1) is 20.6. The van der Waals surface area contributed by atoms with Gasteiger partial charge in [-0.2, -0.15) is 0 Å². The van der Waals surface area contributed by atoms with E-state index >= 15 is 0 Å². The molecule has 2 fully saturated rings. The van der Waals surface area contributed by atoms with E-state index in [0.29, 0.717) is 13.2 Å². The minimum absolute atomic E-state index is 0.0166. The summed E-state index contributed by atoms with van der Waals surface area (Å²) in [5, 5.41) is 0. The van der Waals surface area contributed by atoms with Crippen molar-refractivity contribution in [2.24, 2.45) is 11.8 Å². The summed E-state index contributed by atoms with van der Waals surface area (Å²) in [5.41, 5.74) is 0. The quantitative estimate of drug-likeness (QED) is 0.773. The van der Waals surface area contributed by atoms with Crippen molar-refractivity contribution in [1.29, 1.82) is 0 Å². The molecule has 0 aromatic heterocycles. The van der Waals surface area contributed by atoms with Crippen LogP contribution in [0.2, 0.25) is 0 Å². The van der Waals surface area contributed by atoms with Crippen molar-refractivity contribution in [3.8, 4) is 0 Å². The van der Waals surface area contributed by atoms with Crippen molar-refractivity contribution in [1.82, 2.24) is 9.62 Å². The summed E-state index contributed by atoms with van der Waals surface area (Å²) in [6.07, 6.45) is 7.44. The molecule has 0 aromatic rings. The lowest BCUT2D eigenvalue weighted by atomic mass is 9.80. The van der Waals surface area contributed by atoms with Crippen LogP contribution in [0, 0.1) is 11.8 Å². The normalized spacial score (nSPS) is 31.3. The molecular weight excluding hydrogens is 340 g/mol. The van der Waals surface area contributed by atoms with Crippen molar-refractivity contribution in [3.63, 3.8) is 0 Å². The second-order valence-corrected chi connectivity index (χ2v) is 9.81. The number of nitrogens with one attached hydrogen (secondary N) is 1. The molecule has 0 bridgehead atoms. The number of nitrogens with zero attached hydrogens (tertiary/aromatic N) is 1. The molecule has 1 N–H and O–H groups in total. The van der Waals surface area contributed by atoms with Gasteiger partial charge in [0.2, 0.25) is 15.9 Å². The first-order valence-electron chi connectivity index (χ1n) is 9.53. The van der Waals surface area contributed by atoms with Gasteiger partial charge in [0.25, 0.3) is 0 Å².